The van der Waals surface area contributed by atoms with Crippen LogP contribution >= 0.6 is 0 Å². The van der Waals surface area contributed by atoms with Crippen LogP contribution in [0.4, 0.5) is 22.9 Å². The fourth-order valence-corrected chi connectivity index (χ4v) is 6.13. The van der Waals surface area contributed by atoms with Crippen LogP contribution in [0.1, 0.15) is 29.5 Å². The summed E-state index contributed by atoms with van der Waals surface area (Å²) in [6, 6.07) is 9.54. The largest absolute Gasteiger partial charge is 0.325 e. The molecule has 0 saturated carbocycles. The van der Waals surface area contributed by atoms with E-state index in [-0.39, 0.29) is 16.5 Å². The van der Waals surface area contributed by atoms with Crippen molar-refractivity contribution in [2.24, 2.45) is 0 Å². The number of hydrogen-bond donors (Lipinski definition) is 0. The average Bonchev–Trinajstić information content (AvgIpc) is 3.50. The van der Waals surface area contributed by atoms with Gasteiger partial charge in [0.25, 0.3) is 15.7 Å². The quantitative estimate of drug-likeness (QED) is 0.404. The first-order valence-electron chi connectivity index (χ1n) is 10.9. The van der Waals surface area contributed by atoms with Gasteiger partial charge in [0.05, 0.1) is 16.0 Å². The van der Waals surface area contributed by atoms with Crippen molar-refractivity contribution in [3.8, 4) is 0 Å². The van der Waals surface area contributed by atoms with Crippen molar-refractivity contribution in [1.82, 2.24) is 9.19 Å². The van der Waals surface area contributed by atoms with Crippen LogP contribution in [0.5, 0.6) is 0 Å². The molecule has 5 rings (SSSR count). The SMILES string of the molecule is Cc1cccc(C)c1N1CCc2cnn(S(=O)(=O)c3ccc(N4CCCC4=O)c([N+](=O)[O-])c3)c21. The van der Waals surface area contributed by atoms with Gasteiger partial charge in [-0.15, -0.1) is 4.09 Å². The molecule has 0 atom stereocenters. The van der Waals surface area contributed by atoms with Gasteiger partial charge in [-0.25, -0.2) is 0 Å². The first kappa shape index (κ1) is 22.1. The summed E-state index contributed by atoms with van der Waals surface area (Å²) < 4.78 is 28.2. The number of aromatic nitrogens is 2. The Morgan fingerprint density at radius 1 is 1.03 bits per heavy atom. The smallest absolute Gasteiger partial charge is 0.294 e. The van der Waals surface area contributed by atoms with E-state index in [9.17, 15) is 23.3 Å². The Morgan fingerprint density at radius 2 is 1.76 bits per heavy atom. The van der Waals surface area contributed by atoms with Gasteiger partial charge in [0.2, 0.25) is 5.91 Å². The van der Waals surface area contributed by atoms with Crippen molar-refractivity contribution >= 4 is 38.8 Å². The highest BCUT2D eigenvalue weighted by atomic mass is 32.2. The highest BCUT2D eigenvalue weighted by Crippen LogP contribution is 2.40. The van der Waals surface area contributed by atoms with E-state index in [4.69, 9.17) is 0 Å². The summed E-state index contributed by atoms with van der Waals surface area (Å²) in [4.78, 5) is 26.3. The molecule has 1 saturated heterocycles. The molecular formula is C23H23N5O5S. The lowest BCUT2D eigenvalue weighted by Crippen LogP contribution is -2.25. The Balaban J connectivity index is 1.61. The molecule has 11 heteroatoms. The highest BCUT2D eigenvalue weighted by molar-refractivity contribution is 7.90. The minimum Gasteiger partial charge on any atom is -0.325 e. The fraction of sp³-hybridized carbons (Fsp3) is 0.304. The van der Waals surface area contributed by atoms with Crippen molar-refractivity contribution in [1.29, 1.82) is 0 Å². The molecule has 2 aromatic carbocycles. The normalized spacial score (nSPS) is 15.8. The van der Waals surface area contributed by atoms with E-state index in [1.807, 2.05) is 36.9 Å². The number of amides is 1. The minimum atomic E-state index is -4.24. The van der Waals surface area contributed by atoms with Crippen LogP contribution in [-0.4, -0.2) is 41.5 Å². The van der Waals surface area contributed by atoms with E-state index in [0.29, 0.717) is 38.2 Å². The van der Waals surface area contributed by atoms with Gasteiger partial charge in [-0.05, 0) is 49.9 Å². The number of anilines is 3. The van der Waals surface area contributed by atoms with E-state index in [0.717, 1.165) is 32.5 Å². The number of nitro groups is 1. The van der Waals surface area contributed by atoms with E-state index in [1.54, 1.807) is 0 Å². The maximum Gasteiger partial charge on any atom is 0.294 e. The topological polar surface area (TPSA) is 119 Å². The maximum absolute atomic E-state index is 13.6. The van der Waals surface area contributed by atoms with Crippen molar-refractivity contribution in [2.45, 2.75) is 38.0 Å². The van der Waals surface area contributed by atoms with E-state index in [1.165, 1.54) is 23.2 Å². The second-order valence-electron chi connectivity index (χ2n) is 8.54. The average molecular weight is 482 g/mol. The third-order valence-electron chi connectivity index (χ3n) is 6.39. The summed E-state index contributed by atoms with van der Waals surface area (Å²) in [6.07, 6.45) is 3.08. The summed E-state index contributed by atoms with van der Waals surface area (Å²) >= 11 is 0. The standard InChI is InChI=1S/C23H23N5O5S/c1-15-5-3-6-16(2)22(15)26-12-10-17-14-24-27(23(17)26)34(32,33)18-8-9-19(20(13-18)28(30)31)25-11-4-7-21(25)29/h3,5-6,8-9,13-14H,4,7,10-12H2,1-2H3. The number of carbonyl (C=O) groups excluding carboxylic acids is 1. The zero-order valence-electron chi connectivity index (χ0n) is 18.8. The Kier molecular flexibility index (Phi) is 5.16. The summed E-state index contributed by atoms with van der Waals surface area (Å²) in [6.45, 7) is 4.91. The number of rotatable bonds is 5. The van der Waals surface area contributed by atoms with E-state index >= 15 is 0 Å². The minimum absolute atomic E-state index is 0.106. The number of aryl methyl sites for hydroxylation is 2. The molecule has 34 heavy (non-hydrogen) atoms. The van der Waals surface area contributed by atoms with Crippen LogP contribution in [0.15, 0.2) is 47.5 Å². The first-order chi connectivity index (χ1) is 16.2. The Labute approximate surface area is 196 Å². The maximum atomic E-state index is 13.6. The third-order valence-corrected chi connectivity index (χ3v) is 7.96. The lowest BCUT2D eigenvalue weighted by atomic mass is 10.1. The monoisotopic (exact) mass is 481 g/mol. The lowest BCUT2D eigenvalue weighted by molar-refractivity contribution is -0.384. The van der Waals surface area contributed by atoms with Gasteiger partial charge in [-0.2, -0.15) is 13.5 Å². The van der Waals surface area contributed by atoms with Gasteiger partial charge in [0.15, 0.2) is 5.82 Å². The van der Waals surface area contributed by atoms with Gasteiger partial charge in [-0.1, -0.05) is 18.2 Å². The summed E-state index contributed by atoms with van der Waals surface area (Å²) in [5.74, 6) is 0.228. The Hall–Kier alpha value is -3.73. The van der Waals surface area contributed by atoms with E-state index < -0.39 is 20.6 Å². The van der Waals surface area contributed by atoms with Gasteiger partial charge >= 0.3 is 0 Å². The molecule has 2 aliphatic heterocycles. The summed E-state index contributed by atoms with van der Waals surface area (Å²) in [5.41, 5.74) is 3.41. The van der Waals surface area contributed by atoms with Crippen molar-refractivity contribution in [3.05, 3.63) is 69.4 Å². The Bertz CT molecular complexity index is 1430. The number of hydrogen-bond acceptors (Lipinski definition) is 7. The Morgan fingerprint density at radius 3 is 2.41 bits per heavy atom. The molecule has 1 amide bonds. The van der Waals surface area contributed by atoms with Crippen molar-refractivity contribution < 1.29 is 18.1 Å². The molecule has 0 spiro atoms. The molecule has 0 N–H and O–H groups in total. The first-order valence-corrected chi connectivity index (χ1v) is 12.4. The second kappa shape index (κ2) is 7.94. The highest BCUT2D eigenvalue weighted by Gasteiger charge is 2.35. The van der Waals surface area contributed by atoms with Crippen LogP contribution in [0, 0.1) is 24.0 Å². The van der Waals surface area contributed by atoms with Gasteiger partial charge in [-0.3, -0.25) is 14.9 Å². The van der Waals surface area contributed by atoms with Crippen molar-refractivity contribution in [2.75, 3.05) is 22.9 Å². The predicted octanol–water partition coefficient (Wildman–Crippen LogP) is 3.47. The van der Waals surface area contributed by atoms with Crippen LogP contribution < -0.4 is 9.80 Å². The lowest BCUT2D eigenvalue weighted by Gasteiger charge is -2.24. The van der Waals surface area contributed by atoms with Gasteiger partial charge in [0.1, 0.15) is 5.69 Å². The second-order valence-corrected chi connectivity index (χ2v) is 10.3. The fourth-order valence-electron chi connectivity index (χ4n) is 4.81. The molecule has 0 aliphatic carbocycles. The molecule has 176 valence electrons. The molecule has 1 fully saturated rings. The number of benzene rings is 2. The number of nitro benzene ring substituents is 1. The molecule has 0 bridgehead atoms. The zero-order chi connectivity index (χ0) is 24.2. The predicted molar refractivity (Wildman–Crippen MR) is 126 cm³/mol. The number of nitrogens with zero attached hydrogens (tertiary/aromatic N) is 5. The molecule has 3 heterocycles. The number of fused-ring (bicyclic) bond motifs is 1. The molecule has 0 radical (unpaired) electrons. The summed E-state index contributed by atoms with van der Waals surface area (Å²) in [5, 5.41) is 16.0. The molecular weight excluding hydrogens is 458 g/mol. The van der Waals surface area contributed by atoms with Crippen LogP contribution in [0.25, 0.3) is 0 Å². The molecule has 0 unspecified atom stereocenters. The zero-order valence-corrected chi connectivity index (χ0v) is 19.6. The van der Waals surface area contributed by atoms with Crippen LogP contribution in [-0.2, 0) is 21.2 Å². The third kappa shape index (κ3) is 3.35. The molecule has 10 nitrogen and oxygen atoms in total. The number of para-hydroxylation sites is 1. The van der Waals surface area contributed by atoms with Crippen LogP contribution in [0.2, 0.25) is 0 Å². The summed E-state index contributed by atoms with van der Waals surface area (Å²) in [7, 11) is -4.24. The van der Waals surface area contributed by atoms with Gasteiger partial charge < -0.3 is 9.80 Å². The molecule has 1 aromatic heterocycles. The number of carbonyl (C=O) groups is 1. The van der Waals surface area contributed by atoms with Gasteiger partial charge in [0, 0.05) is 36.8 Å². The van der Waals surface area contributed by atoms with Crippen molar-refractivity contribution in [3.63, 3.8) is 0 Å². The molecule has 3 aromatic rings. The van der Waals surface area contributed by atoms with E-state index in [2.05, 4.69) is 5.10 Å². The molecule has 2 aliphatic rings. The van der Waals surface area contributed by atoms with Crippen LogP contribution in [0.3, 0.4) is 0 Å².